The first kappa shape index (κ1) is 25.5. The summed E-state index contributed by atoms with van der Waals surface area (Å²) in [6.45, 7) is 7.36. The highest BCUT2D eigenvalue weighted by atomic mass is 16.4. The molecule has 1 fully saturated rings. The Labute approximate surface area is 199 Å². The Kier molecular flexibility index (Phi) is 9.52. The Bertz CT molecular complexity index is 806. The number of unbranched alkanes of at least 4 members (excludes halogenated alkanes) is 5. The summed E-state index contributed by atoms with van der Waals surface area (Å²) in [4.78, 5) is 13.1. The van der Waals surface area contributed by atoms with Gasteiger partial charge in [0.1, 0.15) is 5.60 Å². The fourth-order valence-corrected chi connectivity index (χ4v) is 5.15. The second-order valence-electron chi connectivity index (χ2n) is 9.88. The summed E-state index contributed by atoms with van der Waals surface area (Å²) >= 11 is 0. The van der Waals surface area contributed by atoms with E-state index in [0.717, 1.165) is 62.9 Å². The van der Waals surface area contributed by atoms with Crippen LogP contribution in [-0.2, 0) is 10.4 Å². The van der Waals surface area contributed by atoms with E-state index in [4.69, 9.17) is 5.11 Å². The van der Waals surface area contributed by atoms with E-state index in [-0.39, 0.29) is 5.92 Å². The Hall–Kier alpha value is -2.17. The third-order valence-electron chi connectivity index (χ3n) is 7.28. The van der Waals surface area contributed by atoms with E-state index in [1.165, 1.54) is 30.4 Å². The molecule has 2 aromatic carbocycles. The Morgan fingerprint density at radius 1 is 0.818 bits per heavy atom. The molecule has 2 aromatic rings. The topological polar surface area (TPSA) is 60.8 Å². The summed E-state index contributed by atoms with van der Waals surface area (Å²) in [7, 11) is 0. The second-order valence-corrected chi connectivity index (χ2v) is 9.88. The molecule has 0 aromatic heterocycles. The van der Waals surface area contributed by atoms with Crippen LogP contribution in [0.5, 0.6) is 0 Å². The van der Waals surface area contributed by atoms with Crippen LogP contribution in [0.1, 0.15) is 80.0 Å². The molecule has 1 heterocycles. The van der Waals surface area contributed by atoms with Gasteiger partial charge in [-0.15, -0.1) is 0 Å². The number of hydrogen-bond donors (Lipinski definition) is 2. The van der Waals surface area contributed by atoms with Crippen molar-refractivity contribution in [3.63, 3.8) is 0 Å². The number of aliphatic hydroxyl groups is 1. The van der Waals surface area contributed by atoms with Crippen molar-refractivity contribution in [2.75, 3.05) is 19.6 Å². The molecule has 0 bridgehead atoms. The molecular formula is C29H41NO3. The minimum atomic E-state index is -0.955. The minimum absolute atomic E-state index is 0.202. The second kappa shape index (κ2) is 12.3. The molecule has 0 saturated carbocycles. The average Bonchev–Trinajstić information content (AvgIpc) is 2.81. The van der Waals surface area contributed by atoms with Crippen LogP contribution in [0, 0.1) is 19.8 Å². The predicted molar refractivity (Wildman–Crippen MR) is 134 cm³/mol. The van der Waals surface area contributed by atoms with Crippen LogP contribution in [-0.4, -0.2) is 40.7 Å². The molecule has 33 heavy (non-hydrogen) atoms. The molecule has 1 saturated heterocycles. The lowest BCUT2D eigenvalue weighted by molar-refractivity contribution is -0.137. The van der Waals surface area contributed by atoms with E-state index < -0.39 is 11.6 Å². The van der Waals surface area contributed by atoms with E-state index >= 15 is 0 Å². The van der Waals surface area contributed by atoms with Crippen molar-refractivity contribution in [2.24, 2.45) is 5.92 Å². The highest BCUT2D eigenvalue weighted by Gasteiger charge is 2.41. The summed E-state index contributed by atoms with van der Waals surface area (Å²) in [5.41, 5.74) is 3.46. The number of carbonyl (C=O) groups is 1. The van der Waals surface area contributed by atoms with Crippen LogP contribution in [0.4, 0.5) is 0 Å². The van der Waals surface area contributed by atoms with Crippen LogP contribution in [0.3, 0.4) is 0 Å². The van der Waals surface area contributed by atoms with Gasteiger partial charge in [0.2, 0.25) is 0 Å². The first-order chi connectivity index (χ1) is 15.9. The molecule has 0 radical (unpaired) electrons. The van der Waals surface area contributed by atoms with E-state index in [2.05, 4.69) is 67.3 Å². The normalized spacial score (nSPS) is 15.6. The van der Waals surface area contributed by atoms with Gasteiger partial charge in [0, 0.05) is 6.42 Å². The summed E-state index contributed by atoms with van der Waals surface area (Å²) in [6.07, 6.45) is 8.84. The lowest BCUT2D eigenvalue weighted by Gasteiger charge is -2.42. The zero-order valence-electron chi connectivity index (χ0n) is 20.4. The fourth-order valence-electron chi connectivity index (χ4n) is 5.15. The molecule has 4 nitrogen and oxygen atoms in total. The van der Waals surface area contributed by atoms with Crippen molar-refractivity contribution < 1.29 is 15.0 Å². The third-order valence-corrected chi connectivity index (χ3v) is 7.28. The zero-order valence-corrected chi connectivity index (χ0v) is 20.4. The lowest BCUT2D eigenvalue weighted by Crippen LogP contribution is -2.44. The molecule has 0 unspecified atom stereocenters. The number of carboxylic acid groups (broad SMARTS) is 1. The molecular weight excluding hydrogens is 410 g/mol. The number of benzene rings is 2. The van der Waals surface area contributed by atoms with Gasteiger partial charge in [0.15, 0.2) is 0 Å². The Morgan fingerprint density at radius 3 is 1.76 bits per heavy atom. The van der Waals surface area contributed by atoms with Crippen LogP contribution < -0.4 is 0 Å². The summed E-state index contributed by atoms with van der Waals surface area (Å²) in [6, 6.07) is 16.8. The number of likely N-dealkylation sites (tertiary alicyclic amines) is 1. The number of aryl methyl sites for hydroxylation is 2. The lowest BCUT2D eigenvalue weighted by atomic mass is 9.72. The van der Waals surface area contributed by atoms with Gasteiger partial charge in [0.25, 0.3) is 0 Å². The van der Waals surface area contributed by atoms with Gasteiger partial charge in [-0.3, -0.25) is 4.79 Å². The number of piperidine rings is 1. The number of hydrogen-bond acceptors (Lipinski definition) is 3. The van der Waals surface area contributed by atoms with Crippen molar-refractivity contribution in [3.05, 3.63) is 70.8 Å². The number of nitrogens with zero attached hydrogens (tertiary/aromatic N) is 1. The molecule has 0 aliphatic carbocycles. The molecule has 0 atom stereocenters. The van der Waals surface area contributed by atoms with Gasteiger partial charge in [-0.2, -0.15) is 0 Å². The van der Waals surface area contributed by atoms with Gasteiger partial charge in [-0.25, -0.2) is 0 Å². The van der Waals surface area contributed by atoms with Crippen molar-refractivity contribution >= 4 is 5.97 Å². The zero-order chi connectivity index (χ0) is 23.7. The van der Waals surface area contributed by atoms with Crippen LogP contribution >= 0.6 is 0 Å². The van der Waals surface area contributed by atoms with Gasteiger partial charge < -0.3 is 15.1 Å². The molecule has 180 valence electrons. The minimum Gasteiger partial charge on any atom is -0.481 e. The SMILES string of the molecule is Cc1ccc(C(O)(c2ccc(C)cc2)C2CCN(CCCCCCCCC(=O)O)CC2)cc1. The monoisotopic (exact) mass is 451 g/mol. The van der Waals surface area contributed by atoms with Crippen LogP contribution in [0.25, 0.3) is 0 Å². The Balaban J connectivity index is 1.52. The third kappa shape index (κ3) is 7.15. The number of aliphatic carboxylic acids is 1. The quantitative estimate of drug-likeness (QED) is 0.385. The number of rotatable bonds is 12. The fraction of sp³-hybridized carbons (Fsp3) is 0.552. The Morgan fingerprint density at radius 2 is 1.27 bits per heavy atom. The maximum Gasteiger partial charge on any atom is 0.303 e. The van der Waals surface area contributed by atoms with Crippen molar-refractivity contribution in [2.45, 2.75) is 77.2 Å². The first-order valence-corrected chi connectivity index (χ1v) is 12.7. The molecule has 4 heteroatoms. The molecule has 0 spiro atoms. The van der Waals surface area contributed by atoms with Gasteiger partial charge in [0.05, 0.1) is 0 Å². The smallest absolute Gasteiger partial charge is 0.303 e. The first-order valence-electron chi connectivity index (χ1n) is 12.7. The summed E-state index contributed by atoms with van der Waals surface area (Å²) in [5.74, 6) is -0.483. The van der Waals surface area contributed by atoms with Crippen LogP contribution in [0.2, 0.25) is 0 Å². The van der Waals surface area contributed by atoms with Gasteiger partial charge in [-0.05, 0) is 76.2 Å². The predicted octanol–water partition coefficient (Wildman–Crippen LogP) is 6.07. The molecule has 0 amide bonds. The van der Waals surface area contributed by atoms with E-state index in [1.54, 1.807) is 0 Å². The van der Waals surface area contributed by atoms with Crippen molar-refractivity contribution in [1.29, 1.82) is 0 Å². The molecule has 1 aliphatic rings. The standard InChI is InChI=1S/C29H41NO3/c1-23-10-14-25(15-11-23)29(33,26-16-12-24(2)13-17-26)27-18-21-30(22-19-27)20-8-6-4-3-5-7-9-28(31)32/h10-17,27,33H,3-9,18-22H2,1-2H3,(H,31,32). The molecule has 1 aliphatic heterocycles. The largest absolute Gasteiger partial charge is 0.481 e. The van der Waals surface area contributed by atoms with Crippen molar-refractivity contribution in [1.82, 2.24) is 4.90 Å². The van der Waals surface area contributed by atoms with E-state index in [1.807, 2.05) is 0 Å². The van der Waals surface area contributed by atoms with Crippen LogP contribution in [0.15, 0.2) is 48.5 Å². The van der Waals surface area contributed by atoms with Crippen molar-refractivity contribution in [3.8, 4) is 0 Å². The summed E-state index contributed by atoms with van der Waals surface area (Å²) < 4.78 is 0. The van der Waals surface area contributed by atoms with E-state index in [9.17, 15) is 9.90 Å². The number of carboxylic acids is 1. The highest BCUT2D eigenvalue weighted by molar-refractivity contribution is 5.66. The maximum atomic E-state index is 12.1. The molecule has 3 rings (SSSR count). The average molecular weight is 452 g/mol. The molecule has 2 N–H and O–H groups in total. The van der Waals surface area contributed by atoms with Gasteiger partial charge in [-0.1, -0.05) is 85.3 Å². The highest BCUT2D eigenvalue weighted by Crippen LogP contribution is 2.42. The van der Waals surface area contributed by atoms with Gasteiger partial charge >= 0.3 is 5.97 Å². The maximum absolute atomic E-state index is 12.1. The summed E-state index contributed by atoms with van der Waals surface area (Å²) in [5, 5.41) is 20.8. The van der Waals surface area contributed by atoms with E-state index in [0.29, 0.717) is 6.42 Å².